The van der Waals surface area contributed by atoms with Crippen molar-refractivity contribution in [1.29, 1.82) is 0 Å². The van der Waals surface area contributed by atoms with E-state index in [4.69, 9.17) is 4.74 Å². The van der Waals surface area contributed by atoms with Crippen LogP contribution in [-0.4, -0.2) is 30.3 Å². The highest BCUT2D eigenvalue weighted by Crippen LogP contribution is 2.16. The maximum Gasteiger partial charge on any atom is 0.240 e. The molecule has 3 aromatic rings. The molecule has 1 N–H and O–H groups in total. The lowest BCUT2D eigenvalue weighted by Crippen LogP contribution is -2.23. The smallest absolute Gasteiger partial charge is 0.240 e. The molecule has 1 heterocycles. The van der Waals surface area contributed by atoms with Gasteiger partial charge in [-0.15, -0.1) is 0 Å². The molecule has 2 aromatic carbocycles. The molecule has 0 fully saturated rings. The van der Waals surface area contributed by atoms with Crippen molar-refractivity contribution in [3.63, 3.8) is 0 Å². The van der Waals surface area contributed by atoms with Crippen LogP contribution in [0.15, 0.2) is 66.1 Å². The van der Waals surface area contributed by atoms with Crippen LogP contribution in [0.25, 0.3) is 0 Å². The molecule has 25 heavy (non-hydrogen) atoms. The van der Waals surface area contributed by atoms with Crippen molar-refractivity contribution >= 4 is 10.0 Å². The second kappa shape index (κ2) is 7.45. The number of hydrogen-bond donors (Lipinski definition) is 1. The minimum Gasteiger partial charge on any atom is -0.497 e. The molecule has 0 saturated heterocycles. The summed E-state index contributed by atoms with van der Waals surface area (Å²) >= 11 is 0. The minimum atomic E-state index is -3.58. The van der Waals surface area contributed by atoms with Gasteiger partial charge in [0.25, 0.3) is 0 Å². The van der Waals surface area contributed by atoms with E-state index in [0.717, 1.165) is 11.1 Å². The molecule has 0 unspecified atom stereocenters. The first-order valence-corrected chi connectivity index (χ1v) is 9.09. The van der Waals surface area contributed by atoms with Crippen LogP contribution in [0.1, 0.15) is 11.1 Å². The van der Waals surface area contributed by atoms with E-state index in [0.29, 0.717) is 12.3 Å². The summed E-state index contributed by atoms with van der Waals surface area (Å²) < 4.78 is 34.1. The topological polar surface area (TPSA) is 86.1 Å². The van der Waals surface area contributed by atoms with E-state index in [2.05, 4.69) is 14.8 Å². The maximum absolute atomic E-state index is 12.4. The van der Waals surface area contributed by atoms with E-state index >= 15 is 0 Å². The number of methoxy groups -OCH3 is 1. The molecule has 0 radical (unpaired) electrons. The molecule has 7 nitrogen and oxygen atoms in total. The Hall–Kier alpha value is -2.71. The highest BCUT2D eigenvalue weighted by molar-refractivity contribution is 7.89. The third-order valence-electron chi connectivity index (χ3n) is 3.64. The molecule has 0 aliphatic rings. The zero-order chi connectivity index (χ0) is 17.7. The lowest BCUT2D eigenvalue weighted by atomic mass is 10.1. The first-order chi connectivity index (χ1) is 12.1. The van der Waals surface area contributed by atoms with Gasteiger partial charge in [0.05, 0.1) is 18.6 Å². The molecular formula is C17H18N4O3S. The first-order valence-electron chi connectivity index (χ1n) is 7.61. The normalized spacial score (nSPS) is 11.4. The summed E-state index contributed by atoms with van der Waals surface area (Å²) in [5.74, 6) is 0.611. The van der Waals surface area contributed by atoms with Crippen LogP contribution < -0.4 is 9.46 Å². The highest BCUT2D eigenvalue weighted by atomic mass is 32.2. The fourth-order valence-electron chi connectivity index (χ4n) is 2.36. The number of aromatic nitrogens is 3. The van der Waals surface area contributed by atoms with Gasteiger partial charge in [-0.25, -0.2) is 22.8 Å². The largest absolute Gasteiger partial charge is 0.497 e. The molecule has 0 saturated carbocycles. The van der Waals surface area contributed by atoms with Crippen LogP contribution >= 0.6 is 0 Å². The Morgan fingerprint density at radius 2 is 1.88 bits per heavy atom. The van der Waals surface area contributed by atoms with Gasteiger partial charge >= 0.3 is 0 Å². The van der Waals surface area contributed by atoms with Gasteiger partial charge < -0.3 is 4.74 Å². The summed E-state index contributed by atoms with van der Waals surface area (Å²) in [5, 5.41) is 4.06. The standard InChI is InChI=1S/C17H18N4O3S/c1-24-16-5-7-17(8-6-16)25(22,23)20-10-14-3-2-4-15(9-14)11-21-13-18-12-19-21/h2-9,12-13,20H,10-11H2,1H3. The summed E-state index contributed by atoms with van der Waals surface area (Å²) in [6.45, 7) is 0.790. The molecule has 0 aliphatic heterocycles. The number of rotatable bonds is 7. The Morgan fingerprint density at radius 1 is 1.12 bits per heavy atom. The SMILES string of the molecule is COc1ccc(S(=O)(=O)NCc2cccc(Cn3cncn3)c2)cc1. The van der Waals surface area contributed by atoms with Crippen molar-refractivity contribution in [2.45, 2.75) is 18.0 Å². The van der Waals surface area contributed by atoms with E-state index in [1.165, 1.54) is 25.6 Å². The van der Waals surface area contributed by atoms with Gasteiger partial charge in [-0.1, -0.05) is 24.3 Å². The summed E-state index contributed by atoms with van der Waals surface area (Å²) in [5.41, 5.74) is 1.89. The van der Waals surface area contributed by atoms with Gasteiger partial charge in [-0.2, -0.15) is 5.10 Å². The molecule has 1 aromatic heterocycles. The fourth-order valence-corrected chi connectivity index (χ4v) is 3.37. The average molecular weight is 358 g/mol. The van der Waals surface area contributed by atoms with Crippen LogP contribution in [0.2, 0.25) is 0 Å². The van der Waals surface area contributed by atoms with Crippen LogP contribution in [0.4, 0.5) is 0 Å². The Labute approximate surface area is 146 Å². The Balaban J connectivity index is 1.67. The predicted octanol–water partition coefficient (Wildman–Crippen LogP) is 1.81. The number of ether oxygens (including phenoxy) is 1. The lowest BCUT2D eigenvalue weighted by Gasteiger charge is -2.09. The predicted molar refractivity (Wildman–Crippen MR) is 92.6 cm³/mol. The quantitative estimate of drug-likeness (QED) is 0.696. The molecule has 0 spiro atoms. The van der Waals surface area contributed by atoms with E-state index in [-0.39, 0.29) is 11.4 Å². The summed E-state index contributed by atoms with van der Waals surface area (Å²) in [6.07, 6.45) is 3.12. The monoisotopic (exact) mass is 358 g/mol. The van der Waals surface area contributed by atoms with Crippen molar-refractivity contribution < 1.29 is 13.2 Å². The summed E-state index contributed by atoms with van der Waals surface area (Å²) in [7, 11) is -2.04. The third kappa shape index (κ3) is 4.43. The van der Waals surface area contributed by atoms with Crippen LogP contribution in [0.5, 0.6) is 5.75 Å². The van der Waals surface area contributed by atoms with Crippen LogP contribution in [0, 0.1) is 0 Å². The zero-order valence-electron chi connectivity index (χ0n) is 13.7. The number of benzene rings is 2. The minimum absolute atomic E-state index is 0.201. The molecule has 8 heteroatoms. The van der Waals surface area contributed by atoms with E-state index < -0.39 is 10.0 Å². The van der Waals surface area contributed by atoms with Gasteiger partial charge in [-0.3, -0.25) is 0 Å². The van der Waals surface area contributed by atoms with E-state index in [1.54, 1.807) is 23.1 Å². The molecule has 0 amide bonds. The summed E-state index contributed by atoms with van der Waals surface area (Å²) in [4.78, 5) is 4.11. The second-order valence-electron chi connectivity index (χ2n) is 5.41. The Morgan fingerprint density at radius 3 is 2.56 bits per heavy atom. The van der Waals surface area contributed by atoms with Crippen molar-refractivity contribution in [1.82, 2.24) is 19.5 Å². The molecule has 3 rings (SSSR count). The van der Waals surface area contributed by atoms with Gasteiger partial charge in [0.1, 0.15) is 18.4 Å². The van der Waals surface area contributed by atoms with Crippen molar-refractivity contribution in [2.75, 3.05) is 7.11 Å². The van der Waals surface area contributed by atoms with E-state index in [9.17, 15) is 8.42 Å². The van der Waals surface area contributed by atoms with Crippen molar-refractivity contribution in [2.24, 2.45) is 0 Å². The molecule has 0 bridgehead atoms. The number of nitrogens with one attached hydrogen (secondary N) is 1. The van der Waals surface area contributed by atoms with E-state index in [1.807, 2.05) is 24.3 Å². The molecule has 0 atom stereocenters. The van der Waals surface area contributed by atoms with Gasteiger partial charge in [-0.05, 0) is 35.4 Å². The second-order valence-corrected chi connectivity index (χ2v) is 7.18. The number of hydrogen-bond acceptors (Lipinski definition) is 5. The van der Waals surface area contributed by atoms with Crippen molar-refractivity contribution in [3.8, 4) is 5.75 Å². The van der Waals surface area contributed by atoms with Gasteiger partial charge in [0, 0.05) is 6.54 Å². The van der Waals surface area contributed by atoms with Crippen LogP contribution in [-0.2, 0) is 23.1 Å². The third-order valence-corrected chi connectivity index (χ3v) is 5.06. The Bertz CT molecular complexity index is 923. The zero-order valence-corrected chi connectivity index (χ0v) is 14.5. The average Bonchev–Trinajstić information content (AvgIpc) is 3.13. The highest BCUT2D eigenvalue weighted by Gasteiger charge is 2.13. The first kappa shape index (κ1) is 17.1. The van der Waals surface area contributed by atoms with Gasteiger partial charge in [0.15, 0.2) is 0 Å². The van der Waals surface area contributed by atoms with Crippen LogP contribution in [0.3, 0.4) is 0 Å². The lowest BCUT2D eigenvalue weighted by molar-refractivity contribution is 0.414. The maximum atomic E-state index is 12.4. The molecule has 130 valence electrons. The number of nitrogens with zero attached hydrogens (tertiary/aromatic N) is 3. The van der Waals surface area contributed by atoms with Crippen molar-refractivity contribution in [3.05, 3.63) is 72.3 Å². The van der Waals surface area contributed by atoms with Gasteiger partial charge in [0.2, 0.25) is 10.0 Å². The number of sulfonamides is 1. The fraction of sp³-hybridized carbons (Fsp3) is 0.176. The molecular weight excluding hydrogens is 340 g/mol. The Kier molecular flexibility index (Phi) is 5.11. The molecule has 0 aliphatic carbocycles. The summed E-state index contributed by atoms with van der Waals surface area (Å²) in [6, 6.07) is 13.9.